The molecule has 6 heteroatoms. The summed E-state index contributed by atoms with van der Waals surface area (Å²) in [4.78, 5) is 4.61. The molecule has 0 aliphatic heterocycles. The third kappa shape index (κ3) is 2.54. The van der Waals surface area contributed by atoms with Crippen molar-refractivity contribution in [2.75, 3.05) is 6.26 Å². The van der Waals surface area contributed by atoms with E-state index in [1.807, 2.05) is 23.9 Å². The number of benzene rings is 1. The molecule has 2 nitrogen and oxygen atoms in total. The number of hydrogen-bond donors (Lipinski definition) is 0. The second-order valence-corrected chi connectivity index (χ2v) is 7.33. The first-order valence-corrected chi connectivity index (χ1v) is 9.16. The van der Waals surface area contributed by atoms with E-state index in [-0.39, 0.29) is 0 Å². The molecule has 0 radical (unpaired) electrons. The molecular weight excluding hydrogens is 335 g/mol. The van der Waals surface area contributed by atoms with Crippen LogP contribution >= 0.6 is 46.6 Å². The second kappa shape index (κ2) is 5.96. The van der Waals surface area contributed by atoms with Gasteiger partial charge in [-0.2, -0.15) is 11.8 Å². The lowest BCUT2D eigenvalue weighted by atomic mass is 10.2. The summed E-state index contributed by atoms with van der Waals surface area (Å²) in [6.45, 7) is 0. The number of hydrogen-bond acceptors (Lipinski definition) is 2. The van der Waals surface area contributed by atoms with Crippen LogP contribution in [0.1, 0.15) is 31.1 Å². The Labute approximate surface area is 137 Å². The molecule has 1 saturated carbocycles. The highest BCUT2D eigenvalue weighted by molar-refractivity contribution is 7.99. The van der Waals surface area contributed by atoms with E-state index in [0.29, 0.717) is 22.0 Å². The van der Waals surface area contributed by atoms with Crippen LogP contribution in [0.15, 0.2) is 12.1 Å². The normalized spacial score (nSPS) is 22.8. The molecule has 1 aromatic carbocycles. The molecule has 2 atom stereocenters. The largest absolute Gasteiger partial charge is 0.324 e. The van der Waals surface area contributed by atoms with Crippen LogP contribution in [0.25, 0.3) is 11.0 Å². The molecule has 0 N–H and O–H groups in total. The Kier molecular flexibility index (Phi) is 4.42. The van der Waals surface area contributed by atoms with Gasteiger partial charge in [-0.3, -0.25) is 0 Å². The van der Waals surface area contributed by atoms with Gasteiger partial charge in [-0.15, -0.1) is 11.6 Å². The van der Waals surface area contributed by atoms with E-state index in [0.717, 1.165) is 28.5 Å². The fourth-order valence-corrected chi connectivity index (χ4v) is 4.30. The lowest BCUT2D eigenvalue weighted by Crippen LogP contribution is -2.09. The standard InChI is InChI=1S/C14H15Cl3N2S/c1-20-9-3-2-8(4-9)19-13-6-11(17)10(16)5-12(13)18-14(19)7-15/h5-6,8-9H,2-4,7H2,1H3. The van der Waals surface area contributed by atoms with Gasteiger partial charge in [0, 0.05) is 11.3 Å². The zero-order valence-electron chi connectivity index (χ0n) is 11.1. The van der Waals surface area contributed by atoms with E-state index < -0.39 is 0 Å². The molecule has 0 amide bonds. The second-order valence-electron chi connectivity index (χ2n) is 5.11. The summed E-state index contributed by atoms with van der Waals surface area (Å²) >= 11 is 20.3. The lowest BCUT2D eigenvalue weighted by molar-refractivity contribution is 0.519. The van der Waals surface area contributed by atoms with E-state index in [2.05, 4.69) is 15.8 Å². The van der Waals surface area contributed by atoms with Crippen LogP contribution in [-0.4, -0.2) is 21.1 Å². The highest BCUT2D eigenvalue weighted by Gasteiger charge is 2.28. The molecule has 1 aliphatic carbocycles. The van der Waals surface area contributed by atoms with Crippen molar-refractivity contribution in [2.45, 2.75) is 36.4 Å². The van der Waals surface area contributed by atoms with E-state index in [1.165, 1.54) is 12.8 Å². The Hall–Kier alpha value is -0.0900. The van der Waals surface area contributed by atoms with E-state index in [4.69, 9.17) is 34.8 Å². The van der Waals surface area contributed by atoms with Crippen LogP contribution in [-0.2, 0) is 5.88 Å². The average Bonchev–Trinajstić information content (AvgIpc) is 3.03. The summed E-state index contributed by atoms with van der Waals surface area (Å²) in [5.74, 6) is 1.32. The van der Waals surface area contributed by atoms with Crippen LogP contribution in [0.4, 0.5) is 0 Å². The SMILES string of the molecule is CSC1CCC(n2c(CCl)nc3cc(Cl)c(Cl)cc32)C1. The topological polar surface area (TPSA) is 17.8 Å². The van der Waals surface area contributed by atoms with Gasteiger partial charge in [-0.25, -0.2) is 4.98 Å². The third-order valence-corrected chi connectivity index (χ3v) is 6.04. The summed E-state index contributed by atoms with van der Waals surface area (Å²) < 4.78 is 2.26. The van der Waals surface area contributed by atoms with Gasteiger partial charge in [0.25, 0.3) is 0 Å². The Morgan fingerprint density at radius 2 is 2.05 bits per heavy atom. The van der Waals surface area contributed by atoms with E-state index in [1.54, 1.807) is 0 Å². The van der Waals surface area contributed by atoms with Crippen molar-refractivity contribution in [3.8, 4) is 0 Å². The molecule has 0 saturated heterocycles. The highest BCUT2D eigenvalue weighted by atomic mass is 35.5. The Morgan fingerprint density at radius 1 is 1.30 bits per heavy atom. The lowest BCUT2D eigenvalue weighted by Gasteiger charge is -2.16. The number of alkyl halides is 1. The van der Waals surface area contributed by atoms with Gasteiger partial charge in [-0.1, -0.05) is 23.2 Å². The number of aromatic nitrogens is 2. The van der Waals surface area contributed by atoms with Crippen molar-refractivity contribution in [1.29, 1.82) is 0 Å². The quantitative estimate of drug-likeness (QED) is 0.677. The first kappa shape index (κ1) is 14.8. The van der Waals surface area contributed by atoms with Crippen LogP contribution in [0.2, 0.25) is 10.0 Å². The number of imidazole rings is 1. The van der Waals surface area contributed by atoms with Crippen molar-refractivity contribution in [1.82, 2.24) is 9.55 Å². The summed E-state index contributed by atoms with van der Waals surface area (Å²) in [5.41, 5.74) is 1.92. The highest BCUT2D eigenvalue weighted by Crippen LogP contribution is 2.39. The molecule has 1 aliphatic rings. The molecule has 2 aromatic rings. The predicted molar refractivity (Wildman–Crippen MR) is 89.5 cm³/mol. The Morgan fingerprint density at radius 3 is 2.70 bits per heavy atom. The van der Waals surface area contributed by atoms with Gasteiger partial charge in [-0.05, 0) is 37.7 Å². The molecule has 0 bridgehead atoms. The van der Waals surface area contributed by atoms with Crippen LogP contribution in [0.5, 0.6) is 0 Å². The van der Waals surface area contributed by atoms with Gasteiger partial charge in [0.15, 0.2) is 0 Å². The van der Waals surface area contributed by atoms with Crippen LogP contribution in [0, 0.1) is 0 Å². The fraction of sp³-hybridized carbons (Fsp3) is 0.500. The monoisotopic (exact) mass is 348 g/mol. The predicted octanol–water partition coefficient (Wildman–Crippen LogP) is 5.54. The molecule has 1 heterocycles. The minimum atomic E-state index is 0.407. The minimum Gasteiger partial charge on any atom is -0.324 e. The summed E-state index contributed by atoms with van der Waals surface area (Å²) in [6.07, 6.45) is 5.75. The molecule has 1 aromatic heterocycles. The van der Waals surface area contributed by atoms with Crippen molar-refractivity contribution in [3.05, 3.63) is 28.0 Å². The van der Waals surface area contributed by atoms with Gasteiger partial charge in [0.05, 0.1) is 27.0 Å². The number of rotatable bonds is 3. The molecule has 0 spiro atoms. The first-order chi connectivity index (χ1) is 9.63. The van der Waals surface area contributed by atoms with E-state index in [9.17, 15) is 0 Å². The number of thioether (sulfide) groups is 1. The van der Waals surface area contributed by atoms with Crippen molar-refractivity contribution in [2.24, 2.45) is 0 Å². The average molecular weight is 350 g/mol. The maximum absolute atomic E-state index is 6.16. The van der Waals surface area contributed by atoms with Gasteiger partial charge >= 0.3 is 0 Å². The maximum Gasteiger partial charge on any atom is 0.125 e. The van der Waals surface area contributed by atoms with Crippen LogP contribution < -0.4 is 0 Å². The minimum absolute atomic E-state index is 0.407. The third-order valence-electron chi connectivity index (χ3n) is 3.98. The number of fused-ring (bicyclic) bond motifs is 1. The van der Waals surface area contributed by atoms with Crippen molar-refractivity contribution >= 4 is 57.6 Å². The fourth-order valence-electron chi connectivity index (χ4n) is 3.01. The van der Waals surface area contributed by atoms with Crippen molar-refractivity contribution < 1.29 is 0 Å². The van der Waals surface area contributed by atoms with Gasteiger partial charge < -0.3 is 4.57 Å². The molecule has 3 rings (SSSR count). The van der Waals surface area contributed by atoms with Gasteiger partial charge in [0.2, 0.25) is 0 Å². The zero-order valence-corrected chi connectivity index (χ0v) is 14.2. The van der Waals surface area contributed by atoms with E-state index >= 15 is 0 Å². The zero-order chi connectivity index (χ0) is 14.3. The number of halogens is 3. The summed E-state index contributed by atoms with van der Waals surface area (Å²) in [5, 5.41) is 1.84. The maximum atomic E-state index is 6.16. The molecule has 2 unspecified atom stereocenters. The summed E-state index contributed by atoms with van der Waals surface area (Å²) in [6, 6.07) is 4.20. The Bertz CT molecular complexity index is 641. The molecular formula is C14H15Cl3N2S. The number of nitrogens with zero attached hydrogens (tertiary/aromatic N) is 2. The Balaban J connectivity index is 2.11. The smallest absolute Gasteiger partial charge is 0.125 e. The molecule has 1 fully saturated rings. The first-order valence-electron chi connectivity index (χ1n) is 6.58. The molecule has 108 valence electrons. The van der Waals surface area contributed by atoms with Crippen LogP contribution in [0.3, 0.4) is 0 Å². The molecule has 20 heavy (non-hydrogen) atoms. The summed E-state index contributed by atoms with van der Waals surface area (Å²) in [7, 11) is 0. The van der Waals surface area contributed by atoms with Gasteiger partial charge in [0.1, 0.15) is 5.82 Å². The van der Waals surface area contributed by atoms with Crippen molar-refractivity contribution in [3.63, 3.8) is 0 Å².